The largest absolute Gasteiger partial charge is 0.495 e. The molecule has 1 aliphatic carbocycles. The lowest BCUT2D eigenvalue weighted by Gasteiger charge is -2.45. The van der Waals surface area contributed by atoms with Gasteiger partial charge in [0.25, 0.3) is 0 Å². The molecule has 8 heteroatoms. The lowest BCUT2D eigenvalue weighted by atomic mass is 10.2. The maximum atomic E-state index is 12.9. The number of anilines is 4. The second-order valence-electron chi connectivity index (χ2n) is 7.57. The Labute approximate surface area is 171 Å². The zero-order chi connectivity index (χ0) is 20.5. The van der Waals surface area contributed by atoms with Gasteiger partial charge in [0.15, 0.2) is 5.82 Å². The topological polar surface area (TPSA) is 73.8 Å². The van der Waals surface area contributed by atoms with E-state index in [-0.39, 0.29) is 12.1 Å². The molecule has 2 aliphatic rings. The highest BCUT2D eigenvalue weighted by Gasteiger charge is 2.39. The van der Waals surface area contributed by atoms with Crippen LogP contribution < -0.4 is 20.0 Å². The van der Waals surface area contributed by atoms with Gasteiger partial charge in [0.05, 0.1) is 25.0 Å². The van der Waals surface area contributed by atoms with E-state index in [4.69, 9.17) is 9.72 Å². The third-order valence-electron chi connectivity index (χ3n) is 5.67. The Hall–Kier alpha value is -3.03. The molecule has 1 aliphatic heterocycles. The molecule has 154 valence electrons. The summed E-state index contributed by atoms with van der Waals surface area (Å²) in [5.41, 5.74) is 2.65. The number of carbonyl (C=O) groups is 1. The Kier molecular flexibility index (Phi) is 5.17. The van der Waals surface area contributed by atoms with Crippen LogP contribution in [0.4, 0.5) is 27.9 Å². The molecule has 0 saturated heterocycles. The molecule has 0 spiro atoms. The summed E-state index contributed by atoms with van der Waals surface area (Å²) in [6.45, 7) is 4.62. The summed E-state index contributed by atoms with van der Waals surface area (Å²) in [6, 6.07) is 6.16. The lowest BCUT2D eigenvalue weighted by Crippen LogP contribution is -2.59. The lowest BCUT2D eigenvalue weighted by molar-refractivity contribution is 0.191. The van der Waals surface area contributed by atoms with Crippen molar-refractivity contribution < 1.29 is 9.53 Å². The number of hydrogen-bond acceptors (Lipinski definition) is 6. The number of benzene rings is 1. The van der Waals surface area contributed by atoms with E-state index in [1.165, 1.54) is 12.8 Å². The molecule has 1 N–H and O–H groups in total. The summed E-state index contributed by atoms with van der Waals surface area (Å²) in [5.74, 6) is 1.98. The quantitative estimate of drug-likeness (QED) is 0.820. The molecule has 2 aromatic rings. The second kappa shape index (κ2) is 7.77. The van der Waals surface area contributed by atoms with Crippen molar-refractivity contribution in [2.75, 3.05) is 35.9 Å². The van der Waals surface area contributed by atoms with Gasteiger partial charge in [0, 0.05) is 13.6 Å². The molecule has 0 atom stereocenters. The predicted octanol–water partition coefficient (Wildman–Crippen LogP) is 4.09. The van der Waals surface area contributed by atoms with Crippen LogP contribution in [0.3, 0.4) is 0 Å². The van der Waals surface area contributed by atoms with E-state index in [2.05, 4.69) is 15.3 Å². The first kappa shape index (κ1) is 19.3. The average molecular weight is 396 g/mol. The summed E-state index contributed by atoms with van der Waals surface area (Å²) >= 11 is 0. The van der Waals surface area contributed by atoms with Crippen molar-refractivity contribution >= 4 is 29.2 Å². The maximum Gasteiger partial charge on any atom is 0.343 e. The number of hydrazine groups is 1. The number of hydrogen-bond donors (Lipinski definition) is 1. The van der Waals surface area contributed by atoms with Crippen molar-refractivity contribution in [3.05, 3.63) is 30.0 Å². The van der Waals surface area contributed by atoms with E-state index in [9.17, 15) is 4.79 Å². The standard InChI is InChI=1S/C21H28N6O2/c1-5-26-21(28)25(3)17-13-22-20(23-16-12-14(2)10-11-18(16)29-4)24-19(17)27(26)15-8-6-7-9-15/h10-13,15H,5-9H2,1-4H3,(H,22,23,24). The van der Waals surface area contributed by atoms with Crippen LogP contribution in [0.15, 0.2) is 24.4 Å². The maximum absolute atomic E-state index is 12.9. The Morgan fingerprint density at radius 3 is 2.72 bits per heavy atom. The number of amides is 2. The van der Waals surface area contributed by atoms with Crippen molar-refractivity contribution in [3.63, 3.8) is 0 Å². The molecule has 2 amide bonds. The number of methoxy groups -OCH3 is 1. The van der Waals surface area contributed by atoms with Crippen LogP contribution in [0.2, 0.25) is 0 Å². The molecular formula is C21H28N6O2. The fraction of sp³-hybridized carbons (Fsp3) is 0.476. The summed E-state index contributed by atoms with van der Waals surface area (Å²) in [6.07, 6.45) is 6.19. The average Bonchev–Trinajstić information content (AvgIpc) is 3.25. The zero-order valence-electron chi connectivity index (χ0n) is 17.5. The number of aromatic nitrogens is 2. The van der Waals surface area contributed by atoms with Crippen LogP contribution in [0, 0.1) is 6.92 Å². The molecule has 29 heavy (non-hydrogen) atoms. The SMILES string of the molecule is CCN1C(=O)N(C)c2cnc(Nc3cc(C)ccc3OC)nc2N1C1CCCC1. The van der Waals surface area contributed by atoms with E-state index in [0.717, 1.165) is 41.3 Å². The zero-order valence-corrected chi connectivity index (χ0v) is 17.5. The summed E-state index contributed by atoms with van der Waals surface area (Å²) < 4.78 is 5.46. The Balaban J connectivity index is 1.75. The number of nitrogens with one attached hydrogen (secondary N) is 1. The van der Waals surface area contributed by atoms with Gasteiger partial charge in [-0.2, -0.15) is 4.98 Å². The van der Waals surface area contributed by atoms with Crippen molar-refractivity contribution in [1.82, 2.24) is 15.0 Å². The van der Waals surface area contributed by atoms with Gasteiger partial charge in [-0.3, -0.25) is 9.91 Å². The Morgan fingerprint density at radius 2 is 2.03 bits per heavy atom. The van der Waals surface area contributed by atoms with Gasteiger partial charge in [-0.15, -0.1) is 0 Å². The van der Waals surface area contributed by atoms with Crippen molar-refractivity contribution in [2.24, 2.45) is 0 Å². The first-order valence-electron chi connectivity index (χ1n) is 10.2. The van der Waals surface area contributed by atoms with Gasteiger partial charge in [0.1, 0.15) is 11.4 Å². The van der Waals surface area contributed by atoms with Crippen molar-refractivity contribution in [2.45, 2.75) is 45.6 Å². The molecule has 0 bridgehead atoms. The minimum Gasteiger partial charge on any atom is -0.495 e. The number of nitrogens with zero attached hydrogens (tertiary/aromatic N) is 5. The number of urea groups is 1. The van der Waals surface area contributed by atoms with E-state index >= 15 is 0 Å². The monoisotopic (exact) mass is 396 g/mol. The van der Waals surface area contributed by atoms with Gasteiger partial charge >= 0.3 is 6.03 Å². The molecule has 0 radical (unpaired) electrons. The van der Waals surface area contributed by atoms with E-state index in [0.29, 0.717) is 12.5 Å². The first-order valence-corrected chi connectivity index (χ1v) is 10.2. The first-order chi connectivity index (χ1) is 14.0. The molecule has 1 aromatic heterocycles. The van der Waals surface area contributed by atoms with Gasteiger partial charge in [-0.25, -0.2) is 14.8 Å². The van der Waals surface area contributed by atoms with Crippen LogP contribution in [-0.4, -0.2) is 47.8 Å². The minimum atomic E-state index is -0.0448. The predicted molar refractivity (Wildman–Crippen MR) is 114 cm³/mol. The van der Waals surface area contributed by atoms with E-state index < -0.39 is 0 Å². The molecule has 2 heterocycles. The van der Waals surface area contributed by atoms with Gasteiger partial charge < -0.3 is 10.1 Å². The van der Waals surface area contributed by atoms with E-state index in [1.807, 2.05) is 32.0 Å². The fourth-order valence-electron chi connectivity index (χ4n) is 4.16. The molecular weight excluding hydrogens is 368 g/mol. The normalized spacial score (nSPS) is 17.0. The highest BCUT2D eigenvalue weighted by Crippen LogP contribution is 2.39. The number of rotatable bonds is 5. The van der Waals surface area contributed by atoms with Gasteiger partial charge in [-0.05, 0) is 44.4 Å². The molecule has 4 rings (SSSR count). The molecule has 1 fully saturated rings. The van der Waals surface area contributed by atoms with Crippen molar-refractivity contribution in [3.8, 4) is 5.75 Å². The second-order valence-corrected chi connectivity index (χ2v) is 7.57. The Morgan fingerprint density at radius 1 is 1.28 bits per heavy atom. The number of ether oxygens (including phenoxy) is 1. The Bertz CT molecular complexity index is 912. The minimum absolute atomic E-state index is 0.0448. The van der Waals surface area contributed by atoms with Crippen LogP contribution in [0.5, 0.6) is 5.75 Å². The summed E-state index contributed by atoms with van der Waals surface area (Å²) in [7, 11) is 3.42. The third-order valence-corrected chi connectivity index (χ3v) is 5.67. The van der Waals surface area contributed by atoms with Crippen LogP contribution in [0.25, 0.3) is 0 Å². The molecule has 1 saturated carbocycles. The number of fused-ring (bicyclic) bond motifs is 1. The molecule has 8 nitrogen and oxygen atoms in total. The third kappa shape index (κ3) is 3.43. The number of aryl methyl sites for hydroxylation is 1. The van der Waals surface area contributed by atoms with Crippen LogP contribution >= 0.6 is 0 Å². The molecule has 0 unspecified atom stereocenters. The van der Waals surface area contributed by atoms with Gasteiger partial charge in [0.2, 0.25) is 5.95 Å². The van der Waals surface area contributed by atoms with Gasteiger partial charge in [-0.1, -0.05) is 18.9 Å². The fourth-order valence-corrected chi connectivity index (χ4v) is 4.16. The highest BCUT2D eigenvalue weighted by atomic mass is 16.5. The number of carbonyl (C=O) groups excluding carboxylic acids is 1. The summed E-state index contributed by atoms with van der Waals surface area (Å²) in [5, 5.41) is 7.17. The van der Waals surface area contributed by atoms with Crippen LogP contribution in [0.1, 0.15) is 38.2 Å². The smallest absolute Gasteiger partial charge is 0.343 e. The van der Waals surface area contributed by atoms with E-state index in [1.54, 1.807) is 30.3 Å². The molecule has 1 aromatic carbocycles. The highest BCUT2D eigenvalue weighted by molar-refractivity contribution is 5.98. The van der Waals surface area contributed by atoms with Crippen molar-refractivity contribution in [1.29, 1.82) is 0 Å². The summed E-state index contributed by atoms with van der Waals surface area (Å²) in [4.78, 5) is 23.8. The van der Waals surface area contributed by atoms with Crippen LogP contribution in [-0.2, 0) is 0 Å².